The van der Waals surface area contributed by atoms with Gasteiger partial charge in [0.05, 0.1) is 7.11 Å². The van der Waals surface area contributed by atoms with Crippen LogP contribution in [0.25, 0.3) is 0 Å². The molecule has 18 nitrogen and oxygen atoms in total. The molecule has 0 saturated carbocycles. The van der Waals surface area contributed by atoms with E-state index in [1.54, 1.807) is 72.7 Å². The van der Waals surface area contributed by atoms with Crippen molar-refractivity contribution in [3.05, 3.63) is 29.8 Å². The highest BCUT2D eigenvalue weighted by Gasteiger charge is 2.57. The lowest BCUT2D eigenvalue weighted by Crippen LogP contribution is -2.56. The van der Waals surface area contributed by atoms with Crippen molar-refractivity contribution in [2.24, 2.45) is 5.73 Å². The summed E-state index contributed by atoms with van der Waals surface area (Å²) in [6.45, 7) is 17.8. The van der Waals surface area contributed by atoms with E-state index in [1.165, 1.54) is 7.11 Å². The molecule has 0 radical (unpaired) electrons. The van der Waals surface area contributed by atoms with Gasteiger partial charge in [-0.2, -0.15) is 0 Å². The van der Waals surface area contributed by atoms with Crippen molar-refractivity contribution < 1.29 is 61.9 Å². The molecular weight excluding hydrogens is 830 g/mol. The van der Waals surface area contributed by atoms with Gasteiger partial charge in [0.1, 0.15) is 47.3 Å². The number of halogens is 1. The van der Waals surface area contributed by atoms with Gasteiger partial charge in [0.25, 0.3) is 11.1 Å². The zero-order chi connectivity index (χ0) is 46.6. The van der Waals surface area contributed by atoms with Crippen molar-refractivity contribution in [2.75, 3.05) is 20.2 Å². The van der Waals surface area contributed by atoms with Crippen LogP contribution in [0.1, 0.15) is 113 Å². The van der Waals surface area contributed by atoms with E-state index < -0.39 is 100 Å². The van der Waals surface area contributed by atoms with Crippen molar-refractivity contribution in [3.63, 3.8) is 0 Å². The Bertz CT molecular complexity index is 1700. The van der Waals surface area contributed by atoms with Crippen LogP contribution in [0.3, 0.4) is 0 Å². The number of carbonyl (C=O) groups is 6. The molecular formula is C43H68ClN5O13. The summed E-state index contributed by atoms with van der Waals surface area (Å²) in [7, 11) is 1.22. The molecule has 1 aromatic carbocycles. The van der Waals surface area contributed by atoms with Gasteiger partial charge in [-0.3, -0.25) is 19.2 Å². The van der Waals surface area contributed by atoms with Gasteiger partial charge in [-0.1, -0.05) is 12.1 Å². The molecule has 6 N–H and O–H groups in total. The molecule has 62 heavy (non-hydrogen) atoms. The number of amides is 4. The highest BCUT2D eigenvalue weighted by Crippen LogP contribution is 2.39. The SMILES string of the molecule is COC(=O)C(CCCCN)NC(=O)[C@H](Cc1ccc(OC(C)(C)C)cc1)NC(=O)[C@H](CCCCNC(=O)C1OC(C)(C)OC1C1OC(C)(C)OC1C(=O)Cl)NC(=O)OC(C)(C)C. The zero-order valence-electron chi connectivity index (χ0n) is 38.0. The van der Waals surface area contributed by atoms with E-state index in [9.17, 15) is 28.8 Å². The average Bonchev–Trinajstić information content (AvgIpc) is 3.66. The molecule has 0 aliphatic carbocycles. The minimum atomic E-state index is -1.19. The fourth-order valence-electron chi connectivity index (χ4n) is 6.86. The van der Waals surface area contributed by atoms with E-state index in [-0.39, 0.29) is 25.8 Å². The van der Waals surface area contributed by atoms with Crippen molar-refractivity contribution in [1.82, 2.24) is 21.3 Å². The molecule has 7 atom stereocenters. The molecule has 2 saturated heterocycles. The molecule has 350 valence electrons. The first-order valence-corrected chi connectivity index (χ1v) is 21.5. The summed E-state index contributed by atoms with van der Waals surface area (Å²) in [6, 6.07) is 3.70. The Labute approximate surface area is 370 Å². The number of hydrogen-bond acceptors (Lipinski definition) is 14. The minimum absolute atomic E-state index is 0.0231. The summed E-state index contributed by atoms with van der Waals surface area (Å²) < 4.78 is 39.9. The van der Waals surface area contributed by atoms with Crippen LogP contribution in [0.2, 0.25) is 0 Å². The zero-order valence-corrected chi connectivity index (χ0v) is 38.7. The van der Waals surface area contributed by atoms with Crippen LogP contribution in [0.4, 0.5) is 4.79 Å². The van der Waals surface area contributed by atoms with E-state index in [0.717, 1.165) is 0 Å². The molecule has 0 bridgehead atoms. The Balaban J connectivity index is 1.77. The van der Waals surface area contributed by atoms with E-state index in [2.05, 4.69) is 21.3 Å². The standard InChI is InChI=1S/C43H68ClN5O13/c1-40(2,3)57-26-20-18-25(19-21-26)24-29(36(52)47-28(38(54)56-11)17-12-14-22-45)48-35(51)27(49-39(55)62-41(4,5)6)16-13-15-23-46-37(53)33-31(59-43(9,10)61-33)30-32(34(44)50)60-42(7,8)58-30/h18-21,27-33H,12-17,22-24,45H2,1-11H3,(H,46,53)(H,47,52)(H,48,51)(H,49,55)/t27-,28?,29-,30?,31?,32?,33?/m0/s1. The molecule has 2 fully saturated rings. The summed E-state index contributed by atoms with van der Waals surface area (Å²) in [5, 5.41) is 10.2. The van der Waals surface area contributed by atoms with Crippen LogP contribution in [-0.4, -0.2) is 121 Å². The Hall–Kier alpha value is -4.07. The number of alkyl carbamates (subject to hydrolysis) is 1. The topological polar surface area (TPSA) is 241 Å². The molecule has 3 rings (SSSR count). The van der Waals surface area contributed by atoms with Crippen LogP contribution >= 0.6 is 11.6 Å². The number of methoxy groups -OCH3 is 1. The van der Waals surface area contributed by atoms with Gasteiger partial charge in [-0.25, -0.2) is 9.59 Å². The predicted molar refractivity (Wildman–Crippen MR) is 228 cm³/mol. The fraction of sp³-hybridized carbons (Fsp3) is 0.721. The highest BCUT2D eigenvalue weighted by molar-refractivity contribution is 6.64. The number of carbonyl (C=O) groups excluding carboxylic acids is 6. The number of rotatable bonds is 21. The van der Waals surface area contributed by atoms with Gasteiger partial charge >= 0.3 is 12.1 Å². The smallest absolute Gasteiger partial charge is 0.408 e. The highest BCUT2D eigenvalue weighted by atomic mass is 35.5. The Morgan fingerprint density at radius 2 is 1.26 bits per heavy atom. The lowest BCUT2D eigenvalue weighted by molar-refractivity contribution is -0.175. The first kappa shape index (κ1) is 52.3. The average molecular weight is 898 g/mol. The molecule has 5 unspecified atom stereocenters. The number of ether oxygens (including phenoxy) is 7. The van der Waals surface area contributed by atoms with Crippen LogP contribution in [0, 0.1) is 0 Å². The first-order chi connectivity index (χ1) is 28.7. The number of nitrogens with one attached hydrogen (secondary N) is 4. The summed E-state index contributed by atoms with van der Waals surface area (Å²) >= 11 is 5.82. The Morgan fingerprint density at radius 3 is 1.81 bits per heavy atom. The number of unbranched alkanes of at least 4 members (excludes halogenated alkanes) is 2. The second-order valence-electron chi connectivity index (χ2n) is 18.3. The molecule has 2 aliphatic heterocycles. The van der Waals surface area contributed by atoms with E-state index in [1.807, 2.05) is 20.8 Å². The molecule has 0 aromatic heterocycles. The van der Waals surface area contributed by atoms with Gasteiger partial charge in [0.2, 0.25) is 11.8 Å². The number of nitrogens with two attached hydrogens (primary N) is 1. The van der Waals surface area contributed by atoms with Crippen molar-refractivity contribution in [2.45, 2.75) is 180 Å². The normalized spacial score (nSPS) is 22.1. The molecule has 4 amide bonds. The van der Waals surface area contributed by atoms with Gasteiger partial charge in [-0.05, 0) is 144 Å². The number of hydrogen-bond donors (Lipinski definition) is 5. The largest absolute Gasteiger partial charge is 0.488 e. The fourth-order valence-corrected chi connectivity index (χ4v) is 7.03. The van der Waals surface area contributed by atoms with Gasteiger partial charge < -0.3 is 60.2 Å². The molecule has 2 heterocycles. The van der Waals surface area contributed by atoms with E-state index in [4.69, 9.17) is 50.5 Å². The lowest BCUT2D eigenvalue weighted by atomic mass is 10.0. The van der Waals surface area contributed by atoms with Crippen molar-refractivity contribution in [3.8, 4) is 5.75 Å². The third-order valence-electron chi connectivity index (χ3n) is 9.46. The second kappa shape index (κ2) is 22.5. The second-order valence-corrected chi connectivity index (χ2v) is 18.7. The minimum Gasteiger partial charge on any atom is -0.488 e. The third kappa shape index (κ3) is 17.2. The summed E-state index contributed by atoms with van der Waals surface area (Å²) in [5.41, 5.74) is 5.01. The maximum Gasteiger partial charge on any atom is 0.408 e. The van der Waals surface area contributed by atoms with Gasteiger partial charge in [0, 0.05) is 13.0 Å². The summed E-state index contributed by atoms with van der Waals surface area (Å²) in [4.78, 5) is 79.5. The monoisotopic (exact) mass is 897 g/mol. The Kier molecular flexibility index (Phi) is 19.0. The van der Waals surface area contributed by atoms with Crippen LogP contribution in [0.5, 0.6) is 5.75 Å². The predicted octanol–water partition coefficient (Wildman–Crippen LogP) is 3.66. The lowest BCUT2D eigenvalue weighted by Gasteiger charge is -2.26. The summed E-state index contributed by atoms with van der Waals surface area (Å²) in [6.07, 6.45) is -3.08. The van der Waals surface area contributed by atoms with E-state index >= 15 is 0 Å². The van der Waals surface area contributed by atoms with Gasteiger partial charge in [-0.15, -0.1) is 0 Å². The summed E-state index contributed by atoms with van der Waals surface area (Å²) in [5.74, 6) is -4.25. The Morgan fingerprint density at radius 1 is 0.726 bits per heavy atom. The third-order valence-corrected chi connectivity index (χ3v) is 9.67. The molecule has 1 aromatic rings. The quantitative estimate of drug-likeness (QED) is 0.0673. The van der Waals surface area contributed by atoms with Crippen molar-refractivity contribution >= 4 is 46.6 Å². The van der Waals surface area contributed by atoms with Crippen LogP contribution in [-0.2, 0) is 58.8 Å². The molecule has 19 heteroatoms. The molecule has 0 spiro atoms. The van der Waals surface area contributed by atoms with Crippen LogP contribution in [0.15, 0.2) is 24.3 Å². The van der Waals surface area contributed by atoms with E-state index in [0.29, 0.717) is 43.5 Å². The number of esters is 1. The number of benzene rings is 1. The molecule has 2 aliphatic rings. The van der Waals surface area contributed by atoms with Crippen LogP contribution < -0.4 is 31.7 Å². The van der Waals surface area contributed by atoms with Crippen molar-refractivity contribution in [1.29, 1.82) is 0 Å². The first-order valence-electron chi connectivity index (χ1n) is 21.1. The maximum absolute atomic E-state index is 14.1. The van der Waals surface area contributed by atoms with Gasteiger partial charge in [0.15, 0.2) is 23.8 Å². The maximum atomic E-state index is 14.1.